The molecule has 0 saturated carbocycles. The molecule has 0 bridgehead atoms. The predicted molar refractivity (Wildman–Crippen MR) is 75.6 cm³/mol. The van der Waals surface area contributed by atoms with Gasteiger partial charge in [-0.05, 0) is 23.3 Å². The minimum absolute atomic E-state index is 0.348. The molecule has 1 amide bonds. The molecule has 7 heteroatoms. The Bertz CT molecular complexity index is 746. The molecule has 1 aromatic heterocycles. The average Bonchev–Trinajstić information content (AvgIpc) is 2.82. The molecule has 1 aliphatic rings. The van der Waals surface area contributed by atoms with Crippen molar-refractivity contribution < 1.29 is 23.1 Å². The zero-order chi connectivity index (χ0) is 16.6. The Hall–Kier alpha value is -2.41. The van der Waals surface area contributed by atoms with Crippen LogP contribution >= 0.6 is 0 Å². The normalized spacial score (nSPS) is 20.2. The van der Waals surface area contributed by atoms with Crippen LogP contribution in [0.1, 0.15) is 33.2 Å². The fraction of sp³-hybridized carbons (Fsp3) is 0.250. The summed E-state index contributed by atoms with van der Waals surface area (Å²) in [5, 5.41) is 12.6. The van der Waals surface area contributed by atoms with Crippen LogP contribution in [0.5, 0.6) is 0 Å². The van der Waals surface area contributed by atoms with Crippen molar-refractivity contribution in [3.63, 3.8) is 0 Å². The van der Waals surface area contributed by atoms with Crippen molar-refractivity contribution in [3.05, 3.63) is 65.0 Å². The largest absolute Gasteiger partial charge is 0.434 e. The number of hydrogen-bond donors (Lipinski definition) is 2. The quantitative estimate of drug-likeness (QED) is 0.893. The van der Waals surface area contributed by atoms with Gasteiger partial charge in [0, 0.05) is 12.6 Å². The van der Waals surface area contributed by atoms with Gasteiger partial charge in [0.05, 0.1) is 17.7 Å². The van der Waals surface area contributed by atoms with E-state index in [9.17, 15) is 23.1 Å². The highest BCUT2D eigenvalue weighted by Gasteiger charge is 2.38. The molecule has 0 radical (unpaired) electrons. The van der Waals surface area contributed by atoms with Crippen molar-refractivity contribution in [2.75, 3.05) is 0 Å². The number of alkyl halides is 3. The Balaban J connectivity index is 1.89. The van der Waals surface area contributed by atoms with Gasteiger partial charge in [-0.15, -0.1) is 0 Å². The van der Waals surface area contributed by atoms with Crippen molar-refractivity contribution in [3.8, 4) is 0 Å². The van der Waals surface area contributed by atoms with Crippen LogP contribution in [0.15, 0.2) is 42.6 Å². The van der Waals surface area contributed by atoms with E-state index in [1.54, 1.807) is 18.2 Å². The van der Waals surface area contributed by atoms with Gasteiger partial charge in [0.15, 0.2) is 5.69 Å². The maximum Gasteiger partial charge on any atom is 0.434 e. The van der Waals surface area contributed by atoms with Crippen LogP contribution in [-0.2, 0) is 12.6 Å². The molecule has 2 atom stereocenters. The number of fused-ring (bicyclic) bond motifs is 1. The lowest BCUT2D eigenvalue weighted by atomic mass is 10.1. The highest BCUT2D eigenvalue weighted by Crippen LogP contribution is 2.33. The first-order valence-corrected chi connectivity index (χ1v) is 6.97. The summed E-state index contributed by atoms with van der Waals surface area (Å²) in [6.45, 7) is 0. The third-order valence-corrected chi connectivity index (χ3v) is 3.81. The molecule has 2 aromatic rings. The first-order chi connectivity index (χ1) is 10.9. The fourth-order valence-corrected chi connectivity index (χ4v) is 2.78. The molecule has 2 N–H and O–H groups in total. The number of halogens is 3. The molecule has 0 saturated heterocycles. The van der Waals surface area contributed by atoms with Crippen LogP contribution in [0.25, 0.3) is 0 Å². The van der Waals surface area contributed by atoms with Crippen molar-refractivity contribution in [2.24, 2.45) is 0 Å². The zero-order valence-electron chi connectivity index (χ0n) is 11.8. The van der Waals surface area contributed by atoms with Gasteiger partial charge in [-0.2, -0.15) is 13.2 Å². The van der Waals surface area contributed by atoms with E-state index in [0.717, 1.165) is 17.8 Å². The SMILES string of the molecule is O=C(NC1c2ccccc2CC1O)c1cccnc1C(F)(F)F. The molecule has 2 unspecified atom stereocenters. The summed E-state index contributed by atoms with van der Waals surface area (Å²) >= 11 is 0. The third kappa shape index (κ3) is 2.92. The van der Waals surface area contributed by atoms with Gasteiger partial charge >= 0.3 is 6.18 Å². The van der Waals surface area contributed by atoms with Crippen LogP contribution in [0.3, 0.4) is 0 Å². The number of benzene rings is 1. The molecule has 1 heterocycles. The van der Waals surface area contributed by atoms with Crippen molar-refractivity contribution >= 4 is 5.91 Å². The lowest BCUT2D eigenvalue weighted by Crippen LogP contribution is -2.35. The molecule has 0 spiro atoms. The van der Waals surface area contributed by atoms with Gasteiger partial charge in [0.1, 0.15) is 0 Å². The molecule has 120 valence electrons. The van der Waals surface area contributed by atoms with Crippen LogP contribution in [-0.4, -0.2) is 22.1 Å². The zero-order valence-corrected chi connectivity index (χ0v) is 11.8. The molecular formula is C16H13F3N2O2. The Morgan fingerprint density at radius 2 is 1.96 bits per heavy atom. The van der Waals surface area contributed by atoms with Crippen molar-refractivity contribution in [2.45, 2.75) is 24.7 Å². The summed E-state index contributed by atoms with van der Waals surface area (Å²) in [6.07, 6.45) is -4.26. The summed E-state index contributed by atoms with van der Waals surface area (Å²) in [7, 11) is 0. The number of carbonyl (C=O) groups is 1. The standard InChI is InChI=1S/C16H13F3N2O2/c17-16(18,19)14-11(6-3-7-20-14)15(23)21-13-10-5-2-1-4-9(10)8-12(13)22/h1-7,12-13,22H,8H2,(H,21,23). The second-order valence-corrected chi connectivity index (χ2v) is 5.32. The molecule has 1 aliphatic carbocycles. The van der Waals surface area contributed by atoms with E-state index < -0.39 is 35.5 Å². The van der Waals surface area contributed by atoms with Gasteiger partial charge in [-0.25, -0.2) is 0 Å². The van der Waals surface area contributed by atoms with E-state index in [4.69, 9.17) is 0 Å². The van der Waals surface area contributed by atoms with Gasteiger partial charge in [-0.3, -0.25) is 9.78 Å². The molecule has 1 aromatic carbocycles. The lowest BCUT2D eigenvalue weighted by Gasteiger charge is -2.19. The third-order valence-electron chi connectivity index (χ3n) is 3.81. The number of aliphatic hydroxyl groups is 1. The number of amides is 1. The highest BCUT2D eigenvalue weighted by atomic mass is 19.4. The lowest BCUT2D eigenvalue weighted by molar-refractivity contribution is -0.141. The Morgan fingerprint density at radius 3 is 2.70 bits per heavy atom. The number of carbonyl (C=O) groups excluding carboxylic acids is 1. The molecule has 0 aliphatic heterocycles. The van der Waals surface area contributed by atoms with Gasteiger partial charge in [-0.1, -0.05) is 24.3 Å². The van der Waals surface area contributed by atoms with E-state index in [1.165, 1.54) is 6.07 Å². The number of pyridine rings is 1. The molecule has 23 heavy (non-hydrogen) atoms. The number of rotatable bonds is 2. The maximum absolute atomic E-state index is 12.9. The summed E-state index contributed by atoms with van der Waals surface area (Å²) in [5.74, 6) is -0.911. The van der Waals surface area contributed by atoms with Crippen molar-refractivity contribution in [1.29, 1.82) is 0 Å². The van der Waals surface area contributed by atoms with E-state index in [0.29, 0.717) is 12.0 Å². The van der Waals surface area contributed by atoms with Crippen molar-refractivity contribution in [1.82, 2.24) is 10.3 Å². The predicted octanol–water partition coefficient (Wildman–Crippen LogP) is 2.49. The minimum atomic E-state index is -4.72. The smallest absolute Gasteiger partial charge is 0.390 e. The number of aromatic nitrogens is 1. The maximum atomic E-state index is 12.9. The van der Waals surface area contributed by atoms with Gasteiger partial charge in [0.2, 0.25) is 0 Å². The Kier molecular flexibility index (Phi) is 3.81. The van der Waals surface area contributed by atoms with Crippen LogP contribution in [0.2, 0.25) is 0 Å². The second-order valence-electron chi connectivity index (χ2n) is 5.32. The number of nitrogens with one attached hydrogen (secondary N) is 1. The van der Waals surface area contributed by atoms with Gasteiger partial charge in [0.25, 0.3) is 5.91 Å². The van der Waals surface area contributed by atoms with E-state index in [-0.39, 0.29) is 0 Å². The van der Waals surface area contributed by atoms with Gasteiger partial charge < -0.3 is 10.4 Å². The number of nitrogens with zero attached hydrogens (tertiary/aromatic N) is 1. The monoisotopic (exact) mass is 322 g/mol. The summed E-state index contributed by atoms with van der Waals surface area (Å²) in [6, 6.07) is 8.71. The fourth-order valence-electron chi connectivity index (χ4n) is 2.78. The highest BCUT2D eigenvalue weighted by molar-refractivity contribution is 5.95. The molecule has 4 nitrogen and oxygen atoms in total. The topological polar surface area (TPSA) is 62.2 Å². The molecular weight excluding hydrogens is 309 g/mol. The molecule has 3 rings (SSSR count). The summed E-state index contributed by atoms with van der Waals surface area (Å²) in [4.78, 5) is 15.5. The molecule has 0 fully saturated rings. The number of aliphatic hydroxyl groups excluding tert-OH is 1. The van der Waals surface area contributed by atoms with E-state index >= 15 is 0 Å². The first kappa shape index (κ1) is 15.5. The van der Waals surface area contributed by atoms with Crippen LogP contribution in [0, 0.1) is 0 Å². The Labute approximate surface area is 130 Å². The van der Waals surface area contributed by atoms with E-state index in [2.05, 4.69) is 10.3 Å². The van der Waals surface area contributed by atoms with Crippen LogP contribution in [0.4, 0.5) is 13.2 Å². The number of hydrogen-bond acceptors (Lipinski definition) is 3. The first-order valence-electron chi connectivity index (χ1n) is 6.97. The van der Waals surface area contributed by atoms with Crippen LogP contribution < -0.4 is 5.32 Å². The van der Waals surface area contributed by atoms with E-state index in [1.807, 2.05) is 6.07 Å². The summed E-state index contributed by atoms with van der Waals surface area (Å²) in [5.41, 5.74) is -0.215. The Morgan fingerprint density at radius 1 is 1.22 bits per heavy atom. The average molecular weight is 322 g/mol. The minimum Gasteiger partial charge on any atom is -0.390 e. The summed E-state index contributed by atoms with van der Waals surface area (Å²) < 4.78 is 38.8. The second kappa shape index (κ2) is 5.66.